The molecule has 4 heteroatoms. The van der Waals surface area contributed by atoms with Crippen molar-refractivity contribution in [3.8, 4) is 0 Å². The molecule has 0 heterocycles. The second-order valence-corrected chi connectivity index (χ2v) is 4.64. The third kappa shape index (κ3) is 4.31. The molecule has 0 atom stereocenters. The second-order valence-electron chi connectivity index (χ2n) is 4.64. The van der Waals surface area contributed by atoms with Crippen LogP contribution in [-0.2, 0) is 0 Å². The minimum absolute atomic E-state index is 0.0631. The molecule has 0 aliphatic heterocycles. The highest BCUT2D eigenvalue weighted by Crippen LogP contribution is 2.10. The molecule has 0 fully saturated rings. The highest BCUT2D eigenvalue weighted by Gasteiger charge is 2.08. The summed E-state index contributed by atoms with van der Waals surface area (Å²) in [5, 5.41) is 0. The average molecular weight is 271 g/mol. The normalized spacial score (nSPS) is 9.35. The van der Waals surface area contributed by atoms with Gasteiger partial charge in [0, 0.05) is 19.7 Å². The molecule has 0 spiro atoms. The van der Waals surface area contributed by atoms with E-state index in [2.05, 4.69) is 0 Å². The second kappa shape index (κ2) is 7.19. The van der Waals surface area contributed by atoms with Crippen LogP contribution in [0.4, 0.5) is 11.4 Å². The average Bonchev–Trinajstić information content (AvgIpc) is 2.42. The van der Waals surface area contributed by atoms with Crippen LogP contribution >= 0.6 is 0 Å². The van der Waals surface area contributed by atoms with E-state index in [1.165, 1.54) is 0 Å². The van der Waals surface area contributed by atoms with E-state index in [1.54, 1.807) is 31.1 Å². The maximum atomic E-state index is 11.5. The number of carbonyl (C=O) groups excluding carboxylic acids is 1. The molecule has 0 saturated carbocycles. The Morgan fingerprint density at radius 2 is 1.35 bits per heavy atom. The van der Waals surface area contributed by atoms with Crippen LogP contribution in [0.25, 0.3) is 0 Å². The molecule has 0 radical (unpaired) electrons. The SMILES string of the molecule is Cc1ccccc1C(=O)N(C)C.Nc1ccccc1N. The summed E-state index contributed by atoms with van der Waals surface area (Å²) in [5.74, 6) is 0.0631. The summed E-state index contributed by atoms with van der Waals surface area (Å²) in [7, 11) is 3.52. The van der Waals surface area contributed by atoms with Gasteiger partial charge in [0.2, 0.25) is 0 Å². The van der Waals surface area contributed by atoms with Crippen molar-refractivity contribution in [2.75, 3.05) is 25.6 Å². The molecule has 2 aromatic carbocycles. The van der Waals surface area contributed by atoms with E-state index < -0.39 is 0 Å². The number of nitrogens with zero attached hydrogens (tertiary/aromatic N) is 1. The molecule has 1 amide bonds. The van der Waals surface area contributed by atoms with Crippen LogP contribution in [0.1, 0.15) is 15.9 Å². The molecule has 106 valence electrons. The molecule has 4 N–H and O–H groups in total. The number of benzene rings is 2. The van der Waals surface area contributed by atoms with Crippen LogP contribution in [0.15, 0.2) is 48.5 Å². The molecule has 0 saturated heterocycles. The van der Waals surface area contributed by atoms with Crippen LogP contribution in [0.3, 0.4) is 0 Å². The van der Waals surface area contributed by atoms with E-state index in [9.17, 15) is 4.79 Å². The fourth-order valence-electron chi connectivity index (χ4n) is 1.56. The van der Waals surface area contributed by atoms with Gasteiger partial charge in [-0.1, -0.05) is 30.3 Å². The lowest BCUT2D eigenvalue weighted by molar-refractivity contribution is 0.0827. The first kappa shape index (κ1) is 15.6. The molecular weight excluding hydrogens is 250 g/mol. The Morgan fingerprint density at radius 1 is 0.900 bits per heavy atom. The van der Waals surface area contributed by atoms with Gasteiger partial charge in [0.25, 0.3) is 5.91 Å². The first-order valence-electron chi connectivity index (χ1n) is 6.30. The first-order chi connectivity index (χ1) is 9.43. The summed E-state index contributed by atoms with van der Waals surface area (Å²) in [4.78, 5) is 13.1. The molecule has 0 aliphatic rings. The van der Waals surface area contributed by atoms with E-state index >= 15 is 0 Å². The van der Waals surface area contributed by atoms with Crippen molar-refractivity contribution in [1.29, 1.82) is 0 Å². The number of anilines is 2. The number of carbonyl (C=O) groups is 1. The van der Waals surface area contributed by atoms with Crippen LogP contribution in [0.5, 0.6) is 0 Å². The van der Waals surface area contributed by atoms with E-state index in [1.807, 2.05) is 43.3 Å². The fourth-order valence-corrected chi connectivity index (χ4v) is 1.56. The lowest BCUT2D eigenvalue weighted by atomic mass is 10.1. The zero-order chi connectivity index (χ0) is 15.1. The minimum Gasteiger partial charge on any atom is -0.397 e. The molecule has 2 rings (SSSR count). The summed E-state index contributed by atoms with van der Waals surface area (Å²) in [6.07, 6.45) is 0. The molecular formula is C16H21N3O. The van der Waals surface area contributed by atoms with Gasteiger partial charge in [-0.3, -0.25) is 4.79 Å². The summed E-state index contributed by atoms with van der Waals surface area (Å²) in [6, 6.07) is 14.8. The monoisotopic (exact) mass is 271 g/mol. The van der Waals surface area contributed by atoms with Crippen LogP contribution < -0.4 is 11.5 Å². The van der Waals surface area contributed by atoms with Gasteiger partial charge >= 0.3 is 0 Å². The van der Waals surface area contributed by atoms with Gasteiger partial charge in [0.15, 0.2) is 0 Å². The van der Waals surface area contributed by atoms with Crippen LogP contribution in [0, 0.1) is 6.92 Å². The van der Waals surface area contributed by atoms with Crippen molar-refractivity contribution in [1.82, 2.24) is 4.90 Å². The summed E-state index contributed by atoms with van der Waals surface area (Å²) in [5.41, 5.74) is 13.9. The maximum Gasteiger partial charge on any atom is 0.253 e. The van der Waals surface area contributed by atoms with Crippen molar-refractivity contribution >= 4 is 17.3 Å². The number of aryl methyl sites for hydroxylation is 1. The Hall–Kier alpha value is -2.49. The Morgan fingerprint density at radius 3 is 1.75 bits per heavy atom. The highest BCUT2D eigenvalue weighted by atomic mass is 16.2. The van der Waals surface area contributed by atoms with Crippen molar-refractivity contribution in [3.05, 3.63) is 59.7 Å². The van der Waals surface area contributed by atoms with Crippen molar-refractivity contribution in [2.24, 2.45) is 0 Å². The molecule has 0 aliphatic carbocycles. The molecule has 0 bridgehead atoms. The van der Waals surface area contributed by atoms with E-state index in [0.29, 0.717) is 11.4 Å². The topological polar surface area (TPSA) is 72.3 Å². The van der Waals surface area contributed by atoms with E-state index in [-0.39, 0.29) is 5.91 Å². The number of nitrogens with two attached hydrogens (primary N) is 2. The standard InChI is InChI=1S/C10H13NO.C6H8N2/c1-8-6-4-5-7-9(8)10(12)11(2)3;7-5-3-1-2-4-6(5)8/h4-7H,1-3H3;1-4H,7-8H2. The van der Waals surface area contributed by atoms with E-state index in [0.717, 1.165) is 11.1 Å². The molecule has 20 heavy (non-hydrogen) atoms. The number of para-hydroxylation sites is 2. The molecule has 0 aromatic heterocycles. The number of rotatable bonds is 1. The molecule has 2 aromatic rings. The smallest absolute Gasteiger partial charge is 0.253 e. The maximum absolute atomic E-state index is 11.5. The van der Waals surface area contributed by atoms with Crippen molar-refractivity contribution < 1.29 is 4.79 Å². The molecule has 0 unspecified atom stereocenters. The Kier molecular flexibility index (Phi) is 5.59. The van der Waals surface area contributed by atoms with Gasteiger partial charge in [-0.25, -0.2) is 0 Å². The molecule has 4 nitrogen and oxygen atoms in total. The van der Waals surface area contributed by atoms with E-state index in [4.69, 9.17) is 11.5 Å². The number of amides is 1. The number of nitrogen functional groups attached to an aromatic ring is 2. The quantitative estimate of drug-likeness (QED) is 0.783. The summed E-state index contributed by atoms with van der Waals surface area (Å²) >= 11 is 0. The summed E-state index contributed by atoms with van der Waals surface area (Å²) < 4.78 is 0. The van der Waals surface area contributed by atoms with Gasteiger partial charge in [0.05, 0.1) is 11.4 Å². The fraction of sp³-hybridized carbons (Fsp3) is 0.188. The van der Waals surface area contributed by atoms with Crippen LogP contribution in [-0.4, -0.2) is 24.9 Å². The lowest BCUT2D eigenvalue weighted by Crippen LogP contribution is -2.22. The van der Waals surface area contributed by atoms with Gasteiger partial charge in [-0.15, -0.1) is 0 Å². The largest absolute Gasteiger partial charge is 0.397 e. The Bertz CT molecular complexity index is 558. The number of hydrogen-bond donors (Lipinski definition) is 2. The predicted octanol–water partition coefficient (Wildman–Crippen LogP) is 2.55. The predicted molar refractivity (Wildman–Crippen MR) is 84.5 cm³/mol. The first-order valence-corrected chi connectivity index (χ1v) is 6.30. The van der Waals surface area contributed by atoms with Gasteiger partial charge in [-0.05, 0) is 30.7 Å². The minimum atomic E-state index is 0.0631. The zero-order valence-electron chi connectivity index (χ0n) is 12.1. The van der Waals surface area contributed by atoms with Gasteiger partial charge in [-0.2, -0.15) is 0 Å². The number of hydrogen-bond acceptors (Lipinski definition) is 3. The van der Waals surface area contributed by atoms with Gasteiger partial charge < -0.3 is 16.4 Å². The van der Waals surface area contributed by atoms with Crippen molar-refractivity contribution in [3.63, 3.8) is 0 Å². The third-order valence-electron chi connectivity index (χ3n) is 2.78. The van der Waals surface area contributed by atoms with Crippen molar-refractivity contribution in [2.45, 2.75) is 6.92 Å². The highest BCUT2D eigenvalue weighted by molar-refractivity contribution is 5.95. The Labute approximate surface area is 120 Å². The van der Waals surface area contributed by atoms with Gasteiger partial charge in [0.1, 0.15) is 0 Å². The third-order valence-corrected chi connectivity index (χ3v) is 2.78. The lowest BCUT2D eigenvalue weighted by Gasteiger charge is -2.11. The summed E-state index contributed by atoms with van der Waals surface area (Å²) in [6.45, 7) is 1.94. The van der Waals surface area contributed by atoms with Crippen LogP contribution in [0.2, 0.25) is 0 Å². The zero-order valence-corrected chi connectivity index (χ0v) is 12.1. The Balaban J connectivity index is 0.000000217.